The minimum atomic E-state index is -0.555. The number of ether oxygens (including phenoxy) is 2. The number of allylic oxidation sites excluding steroid dienone is 16. The molecule has 0 aliphatic heterocycles. The predicted molar refractivity (Wildman–Crippen MR) is 232 cm³/mol. The highest BCUT2D eigenvalue weighted by Crippen LogP contribution is 2.13. The molecule has 0 aliphatic rings. The number of hydrogen-bond acceptors (Lipinski definition) is 4. The highest BCUT2D eigenvalue weighted by atomic mass is 16.6. The third kappa shape index (κ3) is 43.6. The fourth-order valence-electron chi connectivity index (χ4n) is 5.72. The van der Waals surface area contributed by atoms with E-state index in [2.05, 4.69) is 111 Å². The van der Waals surface area contributed by atoms with Gasteiger partial charge in [0.2, 0.25) is 0 Å². The van der Waals surface area contributed by atoms with Gasteiger partial charge in [0.15, 0.2) is 0 Å². The zero-order valence-electron chi connectivity index (χ0n) is 34.5. The van der Waals surface area contributed by atoms with Crippen LogP contribution in [0.25, 0.3) is 0 Å². The lowest BCUT2D eigenvalue weighted by Crippen LogP contribution is -2.27. The number of rotatable bonds is 39. The zero-order chi connectivity index (χ0) is 38.4. The van der Waals surface area contributed by atoms with Gasteiger partial charge in [-0.25, -0.2) is 0 Å². The monoisotopic (exact) mass is 735 g/mol. The third-order valence-electron chi connectivity index (χ3n) is 8.90. The van der Waals surface area contributed by atoms with Gasteiger partial charge in [0, 0.05) is 13.0 Å². The van der Waals surface area contributed by atoms with E-state index in [0.717, 1.165) is 89.9 Å². The molecule has 0 fully saturated rings. The Morgan fingerprint density at radius 2 is 0.792 bits per heavy atom. The lowest BCUT2D eigenvalue weighted by molar-refractivity contribution is -0.154. The highest BCUT2D eigenvalue weighted by Gasteiger charge is 2.13. The van der Waals surface area contributed by atoms with E-state index in [1.807, 2.05) is 0 Å². The lowest BCUT2D eigenvalue weighted by atomic mass is 10.1. The lowest BCUT2D eigenvalue weighted by Gasteiger charge is -2.15. The van der Waals surface area contributed by atoms with Gasteiger partial charge in [-0.1, -0.05) is 182 Å². The molecule has 4 heteroatoms. The summed E-state index contributed by atoms with van der Waals surface area (Å²) in [4.78, 5) is 12.2. The van der Waals surface area contributed by atoms with Crippen molar-refractivity contribution in [2.45, 2.75) is 187 Å². The summed E-state index contributed by atoms with van der Waals surface area (Å²) in [5.41, 5.74) is 0. The van der Waals surface area contributed by atoms with Crippen LogP contribution in [0.15, 0.2) is 97.2 Å². The Bertz CT molecular complexity index is 996. The Morgan fingerprint density at radius 3 is 1.19 bits per heavy atom. The molecule has 53 heavy (non-hydrogen) atoms. The van der Waals surface area contributed by atoms with Gasteiger partial charge in [-0.15, -0.1) is 0 Å². The molecule has 1 N–H and O–H groups in total. The number of aliphatic hydroxyl groups excluding tert-OH is 1. The Balaban J connectivity index is 3.50. The second-order valence-electron chi connectivity index (χ2n) is 14.0. The molecule has 1 unspecified atom stereocenters. The summed E-state index contributed by atoms with van der Waals surface area (Å²) in [7, 11) is 0. The molecule has 0 spiro atoms. The quantitative estimate of drug-likeness (QED) is 0.0388. The topological polar surface area (TPSA) is 55.8 Å². The molecule has 0 heterocycles. The molecule has 0 bridgehead atoms. The number of esters is 1. The van der Waals surface area contributed by atoms with Crippen LogP contribution in [0, 0.1) is 0 Å². The average molecular weight is 735 g/mol. The summed E-state index contributed by atoms with van der Waals surface area (Å²) in [5.74, 6) is -0.228. The summed E-state index contributed by atoms with van der Waals surface area (Å²) < 4.78 is 11.2. The first kappa shape index (κ1) is 50.3. The zero-order valence-corrected chi connectivity index (χ0v) is 34.5. The van der Waals surface area contributed by atoms with Gasteiger partial charge < -0.3 is 14.6 Å². The van der Waals surface area contributed by atoms with E-state index in [9.17, 15) is 9.90 Å². The summed E-state index contributed by atoms with van der Waals surface area (Å²) in [5, 5.41) is 9.61. The van der Waals surface area contributed by atoms with Crippen molar-refractivity contribution in [1.82, 2.24) is 0 Å². The molecule has 0 saturated carbocycles. The van der Waals surface area contributed by atoms with Gasteiger partial charge in [0.25, 0.3) is 0 Å². The molecule has 0 radical (unpaired) electrons. The molecule has 1 atom stereocenters. The van der Waals surface area contributed by atoms with Crippen molar-refractivity contribution in [3.8, 4) is 0 Å². The van der Waals surface area contributed by atoms with Gasteiger partial charge in [0.1, 0.15) is 6.10 Å². The van der Waals surface area contributed by atoms with Crippen LogP contribution in [0.4, 0.5) is 0 Å². The normalized spacial score (nSPS) is 13.3. The molecule has 0 aromatic rings. The summed E-state index contributed by atoms with van der Waals surface area (Å²) >= 11 is 0. The standard InChI is InChI=1S/C49H82O4/c1-3-5-7-9-11-13-15-17-19-21-22-23-24-25-26-27-29-31-33-35-37-39-41-43-45-52-47-48(46-50)53-49(51)44-42-40-38-36-34-32-30-28-20-18-16-14-12-10-8-6-4-2/h5-8,11-14,17-20,22-23,30,32,48,50H,3-4,9-10,15-16,21,24-29,31,33-47H2,1-2H3/b7-5-,8-6-,13-11-,14-12-,19-17-,20-18-,23-22-,32-30-. The SMILES string of the molecule is CC/C=C\C/C=C\C/C=C\C/C=C\CCCCCCCCCCCCCOCC(CO)OC(=O)CCCCCC/C=C\C/C=C\C/C=C\C/C=C\CC. The molecular formula is C49H82O4. The molecule has 0 rings (SSSR count). The van der Waals surface area contributed by atoms with Gasteiger partial charge >= 0.3 is 5.97 Å². The summed E-state index contributed by atoms with van der Waals surface area (Å²) in [6.45, 7) is 5.08. The van der Waals surface area contributed by atoms with E-state index < -0.39 is 6.10 Å². The van der Waals surface area contributed by atoms with E-state index in [1.165, 1.54) is 70.6 Å². The van der Waals surface area contributed by atoms with E-state index >= 15 is 0 Å². The second-order valence-corrected chi connectivity index (χ2v) is 14.0. The van der Waals surface area contributed by atoms with Gasteiger partial charge in [0.05, 0.1) is 13.2 Å². The van der Waals surface area contributed by atoms with Crippen LogP contribution >= 0.6 is 0 Å². The number of carbonyl (C=O) groups excluding carboxylic acids is 1. The first-order chi connectivity index (χ1) is 26.2. The first-order valence-electron chi connectivity index (χ1n) is 21.8. The molecule has 0 saturated heterocycles. The fraction of sp³-hybridized carbons (Fsp3) is 0.653. The van der Waals surface area contributed by atoms with Gasteiger partial charge in [-0.05, 0) is 89.9 Å². The Morgan fingerprint density at radius 1 is 0.453 bits per heavy atom. The van der Waals surface area contributed by atoms with Crippen molar-refractivity contribution in [2.75, 3.05) is 19.8 Å². The van der Waals surface area contributed by atoms with Crippen LogP contribution in [0.5, 0.6) is 0 Å². The van der Waals surface area contributed by atoms with Crippen LogP contribution in [0.3, 0.4) is 0 Å². The molecule has 302 valence electrons. The summed E-state index contributed by atoms with van der Waals surface area (Å²) in [6, 6.07) is 0. The van der Waals surface area contributed by atoms with Crippen LogP contribution in [-0.2, 0) is 14.3 Å². The minimum absolute atomic E-state index is 0.189. The molecule has 0 aromatic heterocycles. The highest BCUT2D eigenvalue weighted by molar-refractivity contribution is 5.69. The number of aliphatic hydroxyl groups is 1. The molecule has 0 aliphatic carbocycles. The fourth-order valence-corrected chi connectivity index (χ4v) is 5.72. The predicted octanol–water partition coefficient (Wildman–Crippen LogP) is 14.5. The largest absolute Gasteiger partial charge is 0.457 e. The molecular weight excluding hydrogens is 653 g/mol. The minimum Gasteiger partial charge on any atom is -0.457 e. The Hall–Kier alpha value is -2.69. The van der Waals surface area contributed by atoms with E-state index in [-0.39, 0.29) is 19.2 Å². The van der Waals surface area contributed by atoms with E-state index in [0.29, 0.717) is 13.0 Å². The van der Waals surface area contributed by atoms with Crippen molar-refractivity contribution < 1.29 is 19.4 Å². The maximum absolute atomic E-state index is 12.2. The maximum atomic E-state index is 12.2. The van der Waals surface area contributed by atoms with Crippen molar-refractivity contribution >= 4 is 5.97 Å². The number of hydrogen-bond donors (Lipinski definition) is 1. The van der Waals surface area contributed by atoms with Crippen molar-refractivity contribution in [3.05, 3.63) is 97.2 Å². The van der Waals surface area contributed by atoms with Crippen molar-refractivity contribution in [2.24, 2.45) is 0 Å². The third-order valence-corrected chi connectivity index (χ3v) is 8.90. The number of unbranched alkanes of at least 4 members (excludes halogenated alkanes) is 15. The smallest absolute Gasteiger partial charge is 0.306 e. The van der Waals surface area contributed by atoms with Gasteiger partial charge in [-0.2, -0.15) is 0 Å². The first-order valence-corrected chi connectivity index (χ1v) is 21.8. The van der Waals surface area contributed by atoms with E-state index in [1.54, 1.807) is 0 Å². The average Bonchev–Trinajstić information content (AvgIpc) is 3.16. The Kier molecular flexibility index (Phi) is 43.2. The van der Waals surface area contributed by atoms with Crippen LogP contribution in [0.2, 0.25) is 0 Å². The maximum Gasteiger partial charge on any atom is 0.306 e. The van der Waals surface area contributed by atoms with Crippen LogP contribution < -0.4 is 0 Å². The summed E-state index contributed by atoms with van der Waals surface area (Å²) in [6.07, 6.45) is 64.7. The van der Waals surface area contributed by atoms with Gasteiger partial charge in [-0.3, -0.25) is 4.79 Å². The van der Waals surface area contributed by atoms with E-state index in [4.69, 9.17) is 9.47 Å². The van der Waals surface area contributed by atoms with Crippen LogP contribution in [-0.4, -0.2) is 37.0 Å². The molecule has 0 amide bonds. The molecule has 4 nitrogen and oxygen atoms in total. The van der Waals surface area contributed by atoms with Crippen LogP contribution in [0.1, 0.15) is 181 Å². The van der Waals surface area contributed by atoms with Crippen molar-refractivity contribution in [3.63, 3.8) is 0 Å². The second kappa shape index (κ2) is 45.5. The van der Waals surface area contributed by atoms with Crippen molar-refractivity contribution in [1.29, 1.82) is 0 Å². The Labute approximate surface area is 328 Å². The number of carbonyl (C=O) groups is 1. The molecule has 0 aromatic carbocycles.